The molecule has 1 aromatic carbocycles. The minimum Gasteiger partial charge on any atom is -0.439 e. The van der Waals surface area contributed by atoms with Crippen molar-refractivity contribution < 1.29 is 4.42 Å². The molecule has 0 atom stereocenters. The van der Waals surface area contributed by atoms with E-state index in [1.54, 1.807) is 12.5 Å². The van der Waals surface area contributed by atoms with Crippen LogP contribution >= 0.6 is 0 Å². The zero-order valence-corrected chi connectivity index (χ0v) is 16.6. The number of rotatable bonds is 4. The summed E-state index contributed by atoms with van der Waals surface area (Å²) in [7, 11) is 0. The average Bonchev–Trinajstić information content (AvgIpc) is 3.40. The van der Waals surface area contributed by atoms with Gasteiger partial charge in [0.25, 0.3) is 0 Å². The maximum Gasteiger partial charge on any atom is 0.209 e. The fourth-order valence-corrected chi connectivity index (χ4v) is 3.85. The van der Waals surface area contributed by atoms with Crippen LogP contribution < -0.4 is 4.90 Å². The molecule has 3 aromatic heterocycles. The molecule has 0 bridgehead atoms. The van der Waals surface area contributed by atoms with Crippen LogP contribution in [0.25, 0.3) is 22.2 Å². The number of aryl methyl sites for hydroxylation is 1. The van der Waals surface area contributed by atoms with Crippen molar-refractivity contribution in [3.8, 4) is 11.1 Å². The van der Waals surface area contributed by atoms with Gasteiger partial charge in [-0.25, -0.2) is 15.0 Å². The lowest BCUT2D eigenvalue weighted by Crippen LogP contribution is -2.46. The van der Waals surface area contributed by atoms with Crippen LogP contribution in [0.15, 0.2) is 41.3 Å². The molecule has 1 aliphatic heterocycles. The van der Waals surface area contributed by atoms with E-state index in [-0.39, 0.29) is 0 Å². The molecule has 1 aliphatic rings. The summed E-state index contributed by atoms with van der Waals surface area (Å²) in [6, 6.07) is 6.00. The van der Waals surface area contributed by atoms with E-state index in [9.17, 15) is 0 Å². The van der Waals surface area contributed by atoms with Gasteiger partial charge in [-0.3, -0.25) is 10.00 Å². The highest BCUT2D eigenvalue weighted by molar-refractivity contribution is 5.90. The Morgan fingerprint density at radius 3 is 2.76 bits per heavy atom. The number of H-pyrrole nitrogens is 1. The lowest BCUT2D eigenvalue weighted by atomic mass is 10.1. The molecular formula is C21H23N7O. The van der Waals surface area contributed by atoms with Crippen molar-refractivity contribution >= 4 is 16.9 Å². The van der Waals surface area contributed by atoms with Gasteiger partial charge in [-0.15, -0.1) is 0 Å². The van der Waals surface area contributed by atoms with Gasteiger partial charge in [-0.05, 0) is 19.9 Å². The summed E-state index contributed by atoms with van der Waals surface area (Å²) in [6.07, 6.45) is 5.33. The maximum atomic E-state index is 6.04. The predicted octanol–water partition coefficient (Wildman–Crippen LogP) is 2.95. The van der Waals surface area contributed by atoms with Crippen molar-refractivity contribution in [2.45, 2.75) is 20.4 Å². The Labute approximate surface area is 168 Å². The van der Waals surface area contributed by atoms with Gasteiger partial charge in [0.15, 0.2) is 5.58 Å². The van der Waals surface area contributed by atoms with Gasteiger partial charge in [-0.2, -0.15) is 5.10 Å². The first-order chi connectivity index (χ1) is 14.2. The van der Waals surface area contributed by atoms with E-state index in [2.05, 4.69) is 36.9 Å². The quantitative estimate of drug-likeness (QED) is 0.574. The lowest BCUT2D eigenvalue weighted by Gasteiger charge is -2.35. The van der Waals surface area contributed by atoms with Crippen LogP contribution in [-0.2, 0) is 6.54 Å². The molecule has 4 heterocycles. The van der Waals surface area contributed by atoms with Crippen molar-refractivity contribution in [2.75, 3.05) is 31.1 Å². The molecule has 0 saturated carbocycles. The first-order valence-electron chi connectivity index (χ1n) is 9.82. The van der Waals surface area contributed by atoms with Gasteiger partial charge >= 0.3 is 0 Å². The summed E-state index contributed by atoms with van der Waals surface area (Å²) in [6.45, 7) is 8.56. The smallest absolute Gasteiger partial charge is 0.209 e. The Morgan fingerprint density at radius 1 is 1.10 bits per heavy atom. The maximum absolute atomic E-state index is 6.04. The van der Waals surface area contributed by atoms with E-state index in [0.29, 0.717) is 6.54 Å². The first-order valence-corrected chi connectivity index (χ1v) is 9.82. The minimum absolute atomic E-state index is 0.704. The highest BCUT2D eigenvalue weighted by Crippen LogP contribution is 2.28. The van der Waals surface area contributed by atoms with Crippen molar-refractivity contribution in [3.05, 3.63) is 54.1 Å². The second-order valence-electron chi connectivity index (χ2n) is 7.42. The summed E-state index contributed by atoms with van der Waals surface area (Å²) in [4.78, 5) is 18.3. The van der Waals surface area contributed by atoms with E-state index in [4.69, 9.17) is 9.40 Å². The molecule has 0 radical (unpaired) electrons. The third-order valence-electron chi connectivity index (χ3n) is 5.61. The van der Waals surface area contributed by atoms with Crippen LogP contribution in [0.4, 0.5) is 5.82 Å². The fourth-order valence-electron chi connectivity index (χ4n) is 3.85. The number of aromatic nitrogens is 5. The van der Waals surface area contributed by atoms with Crippen LogP contribution in [0.2, 0.25) is 0 Å². The van der Waals surface area contributed by atoms with Gasteiger partial charge < -0.3 is 9.32 Å². The number of hydrogen-bond donors (Lipinski definition) is 1. The summed E-state index contributed by atoms with van der Waals surface area (Å²) in [5.74, 6) is 1.79. The number of benzene rings is 1. The topological polar surface area (TPSA) is 87.0 Å². The van der Waals surface area contributed by atoms with Crippen LogP contribution in [0, 0.1) is 13.8 Å². The van der Waals surface area contributed by atoms with Gasteiger partial charge in [0, 0.05) is 54.8 Å². The summed E-state index contributed by atoms with van der Waals surface area (Å²) in [5.41, 5.74) is 5.94. The number of anilines is 1. The van der Waals surface area contributed by atoms with Crippen molar-refractivity contribution in [3.63, 3.8) is 0 Å². The van der Waals surface area contributed by atoms with Crippen LogP contribution in [0.1, 0.15) is 17.1 Å². The third-order valence-corrected chi connectivity index (χ3v) is 5.61. The van der Waals surface area contributed by atoms with Gasteiger partial charge in [0.05, 0.1) is 12.7 Å². The molecule has 5 rings (SSSR count). The van der Waals surface area contributed by atoms with E-state index in [1.807, 2.05) is 31.3 Å². The molecular weight excluding hydrogens is 366 g/mol. The highest BCUT2D eigenvalue weighted by atomic mass is 16.3. The molecule has 1 saturated heterocycles. The van der Waals surface area contributed by atoms with E-state index < -0.39 is 0 Å². The number of nitrogens with zero attached hydrogens (tertiary/aromatic N) is 6. The minimum atomic E-state index is 0.704. The second-order valence-corrected chi connectivity index (χ2v) is 7.42. The van der Waals surface area contributed by atoms with Crippen LogP contribution in [0.3, 0.4) is 0 Å². The molecule has 8 heteroatoms. The number of hydrogen-bond acceptors (Lipinski definition) is 7. The molecule has 0 amide bonds. The molecule has 0 spiro atoms. The Hall–Kier alpha value is -3.26. The standard InChI is InChI=1S/C21H23N7O/c1-14-15(2)22-13-23-21(14)28-8-6-27(7-9-28)12-19-26-20-17(16-10-24-25-11-16)4-3-5-18(20)29-19/h3-5,10-11,13H,6-9,12H2,1-2H3,(H,24,25). The molecule has 1 fully saturated rings. The number of piperazine rings is 1. The zero-order chi connectivity index (χ0) is 19.8. The van der Waals surface area contributed by atoms with Crippen molar-refractivity contribution in [1.29, 1.82) is 0 Å². The molecule has 29 heavy (non-hydrogen) atoms. The summed E-state index contributed by atoms with van der Waals surface area (Å²) < 4.78 is 6.04. The average molecular weight is 389 g/mol. The Morgan fingerprint density at radius 2 is 1.97 bits per heavy atom. The number of para-hydroxylation sites is 1. The molecule has 0 unspecified atom stereocenters. The number of fused-ring (bicyclic) bond motifs is 1. The van der Waals surface area contributed by atoms with E-state index in [0.717, 1.165) is 71.4 Å². The van der Waals surface area contributed by atoms with Gasteiger partial charge in [-0.1, -0.05) is 12.1 Å². The predicted molar refractivity (Wildman–Crippen MR) is 111 cm³/mol. The fraction of sp³-hybridized carbons (Fsp3) is 0.333. The number of aromatic amines is 1. The Bertz CT molecular complexity index is 1130. The SMILES string of the molecule is Cc1ncnc(N2CCN(Cc3nc4c(-c5cn[nH]c5)cccc4o3)CC2)c1C. The summed E-state index contributed by atoms with van der Waals surface area (Å²) >= 11 is 0. The largest absolute Gasteiger partial charge is 0.439 e. The molecule has 1 N–H and O–H groups in total. The van der Waals surface area contributed by atoms with E-state index >= 15 is 0 Å². The normalized spacial score (nSPS) is 15.3. The Balaban J connectivity index is 1.30. The highest BCUT2D eigenvalue weighted by Gasteiger charge is 2.22. The molecule has 4 aromatic rings. The van der Waals surface area contributed by atoms with Crippen LogP contribution in [0.5, 0.6) is 0 Å². The summed E-state index contributed by atoms with van der Waals surface area (Å²) in [5, 5.41) is 6.90. The van der Waals surface area contributed by atoms with Gasteiger partial charge in [0.1, 0.15) is 17.7 Å². The van der Waals surface area contributed by atoms with Crippen molar-refractivity contribution in [2.24, 2.45) is 0 Å². The van der Waals surface area contributed by atoms with Crippen molar-refractivity contribution in [1.82, 2.24) is 30.0 Å². The molecule has 0 aliphatic carbocycles. The molecule has 8 nitrogen and oxygen atoms in total. The van der Waals surface area contributed by atoms with Crippen LogP contribution in [-0.4, -0.2) is 56.2 Å². The van der Waals surface area contributed by atoms with Gasteiger partial charge in [0.2, 0.25) is 5.89 Å². The monoisotopic (exact) mass is 389 g/mol. The number of oxazole rings is 1. The third kappa shape index (κ3) is 3.36. The Kier molecular flexibility index (Phi) is 4.48. The first kappa shape index (κ1) is 17.8. The lowest BCUT2D eigenvalue weighted by molar-refractivity contribution is 0.228. The second kappa shape index (κ2) is 7.29. The number of nitrogens with one attached hydrogen (secondary N) is 1. The molecule has 148 valence electrons. The van der Waals surface area contributed by atoms with E-state index in [1.165, 1.54) is 0 Å². The zero-order valence-electron chi connectivity index (χ0n) is 16.6.